The number of carbonyl (C=O) groups excluding carboxylic acids is 1. The highest BCUT2D eigenvalue weighted by Crippen LogP contribution is 2.31. The van der Waals surface area contributed by atoms with Crippen LogP contribution in [0.3, 0.4) is 0 Å². The standard InChI is InChI=1S/C25H30N6O/c1-25(2,3)24(32)29-13-18-9-11-31(12-10-18)21-16-28-22(20-14-26-17-27-15-20)23(30-21)19-7-5-4-6-8-19/h4-8,14-18H,9-13H2,1-3H3,(H,29,32). The largest absolute Gasteiger partial charge is 0.355 e. The van der Waals surface area contributed by atoms with Crippen LogP contribution in [0.5, 0.6) is 0 Å². The van der Waals surface area contributed by atoms with E-state index in [4.69, 9.17) is 9.97 Å². The van der Waals surface area contributed by atoms with Crippen LogP contribution in [0.2, 0.25) is 0 Å². The fraction of sp³-hybridized carbons (Fsp3) is 0.400. The Morgan fingerprint density at radius 3 is 2.34 bits per heavy atom. The number of benzene rings is 1. The molecule has 0 saturated carbocycles. The summed E-state index contributed by atoms with van der Waals surface area (Å²) >= 11 is 0. The molecule has 0 spiro atoms. The van der Waals surface area contributed by atoms with Crippen molar-refractivity contribution in [3.8, 4) is 22.5 Å². The Hall–Kier alpha value is -3.35. The van der Waals surface area contributed by atoms with Gasteiger partial charge in [-0.1, -0.05) is 51.1 Å². The van der Waals surface area contributed by atoms with Crippen LogP contribution in [0.4, 0.5) is 5.82 Å². The molecule has 1 N–H and O–H groups in total. The van der Waals surface area contributed by atoms with Gasteiger partial charge in [0.05, 0.1) is 17.6 Å². The molecule has 0 aliphatic carbocycles. The SMILES string of the molecule is CC(C)(C)C(=O)NCC1CCN(c2cnc(-c3cncnc3)c(-c3ccccc3)n2)CC1. The number of piperidine rings is 1. The van der Waals surface area contributed by atoms with Crippen molar-refractivity contribution in [3.05, 3.63) is 55.2 Å². The molecule has 7 nitrogen and oxygen atoms in total. The third kappa shape index (κ3) is 5.10. The van der Waals surface area contributed by atoms with Crippen LogP contribution >= 0.6 is 0 Å². The third-order valence-electron chi connectivity index (χ3n) is 5.81. The predicted octanol–water partition coefficient (Wildman–Crippen LogP) is 3.98. The second-order valence-corrected chi connectivity index (χ2v) is 9.31. The van der Waals surface area contributed by atoms with Crippen LogP contribution < -0.4 is 10.2 Å². The normalized spacial score (nSPS) is 14.9. The van der Waals surface area contributed by atoms with E-state index in [-0.39, 0.29) is 11.3 Å². The predicted molar refractivity (Wildman–Crippen MR) is 126 cm³/mol. The van der Waals surface area contributed by atoms with E-state index in [0.29, 0.717) is 5.92 Å². The highest BCUT2D eigenvalue weighted by Gasteiger charge is 2.25. The van der Waals surface area contributed by atoms with E-state index in [2.05, 4.69) is 20.2 Å². The number of nitrogens with zero attached hydrogens (tertiary/aromatic N) is 5. The molecular formula is C25H30N6O. The lowest BCUT2D eigenvalue weighted by molar-refractivity contribution is -0.128. The number of aromatic nitrogens is 4. The second kappa shape index (κ2) is 9.42. The zero-order chi connectivity index (χ0) is 22.6. The van der Waals surface area contributed by atoms with E-state index in [1.807, 2.05) is 57.3 Å². The highest BCUT2D eigenvalue weighted by molar-refractivity contribution is 5.81. The Morgan fingerprint density at radius 2 is 1.69 bits per heavy atom. The van der Waals surface area contributed by atoms with Crippen LogP contribution in [0, 0.1) is 11.3 Å². The van der Waals surface area contributed by atoms with Crippen molar-refractivity contribution in [2.75, 3.05) is 24.5 Å². The van der Waals surface area contributed by atoms with Crippen molar-refractivity contribution in [1.82, 2.24) is 25.3 Å². The van der Waals surface area contributed by atoms with E-state index in [0.717, 1.165) is 60.8 Å². The van der Waals surface area contributed by atoms with E-state index in [9.17, 15) is 4.79 Å². The zero-order valence-electron chi connectivity index (χ0n) is 19.0. The molecule has 166 valence electrons. The van der Waals surface area contributed by atoms with Gasteiger partial charge >= 0.3 is 0 Å². The number of hydrogen-bond donors (Lipinski definition) is 1. The Kier molecular flexibility index (Phi) is 6.44. The Morgan fingerprint density at radius 1 is 1.00 bits per heavy atom. The molecule has 4 rings (SSSR count). The van der Waals surface area contributed by atoms with E-state index in [1.54, 1.807) is 12.4 Å². The van der Waals surface area contributed by atoms with Crippen molar-refractivity contribution in [1.29, 1.82) is 0 Å². The number of amides is 1. The molecule has 1 amide bonds. The topological polar surface area (TPSA) is 83.9 Å². The van der Waals surface area contributed by atoms with Crippen molar-refractivity contribution < 1.29 is 4.79 Å². The van der Waals surface area contributed by atoms with Crippen LogP contribution in [-0.4, -0.2) is 45.5 Å². The molecule has 0 unspecified atom stereocenters. The molecule has 32 heavy (non-hydrogen) atoms. The molecule has 1 saturated heterocycles. The maximum absolute atomic E-state index is 12.2. The molecule has 0 bridgehead atoms. The van der Waals surface area contributed by atoms with Crippen molar-refractivity contribution in [2.45, 2.75) is 33.6 Å². The van der Waals surface area contributed by atoms with E-state index >= 15 is 0 Å². The number of anilines is 1. The first-order chi connectivity index (χ1) is 15.4. The van der Waals surface area contributed by atoms with Gasteiger partial charge < -0.3 is 10.2 Å². The quantitative estimate of drug-likeness (QED) is 0.659. The van der Waals surface area contributed by atoms with Crippen molar-refractivity contribution in [2.24, 2.45) is 11.3 Å². The lowest BCUT2D eigenvalue weighted by Gasteiger charge is -2.33. The molecule has 1 aliphatic rings. The Labute approximate surface area is 189 Å². The van der Waals surface area contributed by atoms with Gasteiger partial charge in [0.25, 0.3) is 0 Å². The third-order valence-corrected chi connectivity index (χ3v) is 5.81. The summed E-state index contributed by atoms with van der Waals surface area (Å²) in [5.74, 6) is 1.47. The first-order valence-electron chi connectivity index (χ1n) is 11.1. The molecule has 3 aromatic rings. The Balaban J connectivity index is 1.50. The lowest BCUT2D eigenvalue weighted by Crippen LogP contribution is -2.42. The first-order valence-corrected chi connectivity index (χ1v) is 11.1. The maximum Gasteiger partial charge on any atom is 0.225 e. The lowest BCUT2D eigenvalue weighted by atomic mass is 9.93. The molecule has 1 aromatic carbocycles. The molecule has 0 atom stereocenters. The van der Waals surface area contributed by atoms with Gasteiger partial charge in [0, 0.05) is 48.6 Å². The van der Waals surface area contributed by atoms with Crippen LogP contribution in [0.25, 0.3) is 22.5 Å². The number of hydrogen-bond acceptors (Lipinski definition) is 6. The van der Waals surface area contributed by atoms with Crippen LogP contribution in [-0.2, 0) is 4.79 Å². The highest BCUT2D eigenvalue weighted by atomic mass is 16.2. The summed E-state index contributed by atoms with van der Waals surface area (Å²) in [6.45, 7) is 8.36. The molecule has 0 radical (unpaired) electrons. The van der Waals surface area contributed by atoms with Gasteiger partial charge in [-0.15, -0.1) is 0 Å². The fourth-order valence-electron chi connectivity index (χ4n) is 3.83. The van der Waals surface area contributed by atoms with Gasteiger partial charge in [-0.25, -0.2) is 19.9 Å². The van der Waals surface area contributed by atoms with Crippen LogP contribution in [0.1, 0.15) is 33.6 Å². The summed E-state index contributed by atoms with van der Waals surface area (Å²) in [6, 6.07) is 10.1. The van der Waals surface area contributed by atoms with Gasteiger partial charge in [0.2, 0.25) is 5.91 Å². The average Bonchev–Trinajstić information content (AvgIpc) is 2.83. The zero-order valence-corrected chi connectivity index (χ0v) is 19.0. The average molecular weight is 431 g/mol. The molecular weight excluding hydrogens is 400 g/mol. The summed E-state index contributed by atoms with van der Waals surface area (Å²) in [4.78, 5) is 32.5. The molecule has 7 heteroatoms. The summed E-state index contributed by atoms with van der Waals surface area (Å²) in [6.07, 6.45) is 8.92. The van der Waals surface area contributed by atoms with Gasteiger partial charge in [0.15, 0.2) is 0 Å². The van der Waals surface area contributed by atoms with Crippen LogP contribution in [0.15, 0.2) is 55.2 Å². The van der Waals surface area contributed by atoms with Gasteiger partial charge in [-0.2, -0.15) is 0 Å². The summed E-state index contributed by atoms with van der Waals surface area (Å²) < 4.78 is 0. The monoisotopic (exact) mass is 430 g/mol. The summed E-state index contributed by atoms with van der Waals surface area (Å²) in [5.41, 5.74) is 3.12. The maximum atomic E-state index is 12.2. The van der Waals surface area contributed by atoms with Crippen molar-refractivity contribution in [3.63, 3.8) is 0 Å². The molecule has 1 fully saturated rings. The second-order valence-electron chi connectivity index (χ2n) is 9.31. The minimum Gasteiger partial charge on any atom is -0.355 e. The number of nitrogens with one attached hydrogen (secondary N) is 1. The first kappa shape index (κ1) is 21.9. The Bertz CT molecular complexity index is 1040. The smallest absolute Gasteiger partial charge is 0.225 e. The minimum absolute atomic E-state index is 0.110. The number of rotatable bonds is 5. The summed E-state index contributed by atoms with van der Waals surface area (Å²) in [5, 5.41) is 3.11. The molecule has 3 heterocycles. The van der Waals surface area contributed by atoms with Crippen molar-refractivity contribution >= 4 is 11.7 Å². The summed E-state index contributed by atoms with van der Waals surface area (Å²) in [7, 11) is 0. The van der Waals surface area contributed by atoms with Gasteiger partial charge in [0.1, 0.15) is 12.1 Å². The molecule has 1 aliphatic heterocycles. The fourth-order valence-corrected chi connectivity index (χ4v) is 3.83. The van der Waals surface area contributed by atoms with Gasteiger partial charge in [-0.05, 0) is 18.8 Å². The van der Waals surface area contributed by atoms with Gasteiger partial charge in [-0.3, -0.25) is 4.79 Å². The minimum atomic E-state index is -0.352. The molecule has 2 aromatic heterocycles. The van der Waals surface area contributed by atoms with E-state index < -0.39 is 0 Å². The van der Waals surface area contributed by atoms with E-state index in [1.165, 1.54) is 6.33 Å². The number of carbonyl (C=O) groups is 1.